The molecule has 0 aliphatic carbocycles. The van der Waals surface area contributed by atoms with Gasteiger partial charge in [0.1, 0.15) is 0 Å². The molecular formula is C14H24N6S. The van der Waals surface area contributed by atoms with E-state index in [-0.39, 0.29) is 0 Å². The van der Waals surface area contributed by atoms with Gasteiger partial charge in [-0.2, -0.15) is 26.7 Å². The zero-order valence-corrected chi connectivity index (χ0v) is 13.5. The molecule has 116 valence electrons. The number of nitrogens with one attached hydrogen (secondary N) is 2. The number of hydrogen-bond acceptors (Lipinski definition) is 7. The predicted molar refractivity (Wildman–Crippen MR) is 89.4 cm³/mol. The van der Waals surface area contributed by atoms with Gasteiger partial charge in [0, 0.05) is 31.4 Å². The monoisotopic (exact) mass is 308 g/mol. The standard InChI is InChI=1S/C14H24N6S/c1-2-15-12-17-13(16-10-11-6-5-9-21-11)19-14(18-12)20-7-3-4-8-20/h11H,2-10H2,1H3,(H2,15,16,17,18,19). The first-order valence-electron chi connectivity index (χ1n) is 7.95. The minimum atomic E-state index is 0.677. The Bertz CT molecular complexity index is 457. The molecule has 0 bridgehead atoms. The second-order valence-corrected chi connectivity index (χ2v) is 6.93. The van der Waals surface area contributed by atoms with Crippen LogP contribution in [0.25, 0.3) is 0 Å². The van der Waals surface area contributed by atoms with Crippen LogP contribution >= 0.6 is 11.8 Å². The van der Waals surface area contributed by atoms with Crippen molar-refractivity contribution in [1.29, 1.82) is 0 Å². The van der Waals surface area contributed by atoms with E-state index in [2.05, 4.69) is 37.4 Å². The van der Waals surface area contributed by atoms with Crippen LogP contribution in [0, 0.1) is 0 Å². The van der Waals surface area contributed by atoms with Crippen LogP contribution in [0.15, 0.2) is 0 Å². The molecule has 21 heavy (non-hydrogen) atoms. The highest BCUT2D eigenvalue weighted by Gasteiger charge is 2.19. The molecule has 6 nitrogen and oxygen atoms in total. The van der Waals surface area contributed by atoms with E-state index < -0.39 is 0 Å². The van der Waals surface area contributed by atoms with Crippen LogP contribution in [-0.4, -0.2) is 52.1 Å². The van der Waals surface area contributed by atoms with Crippen LogP contribution < -0.4 is 15.5 Å². The minimum absolute atomic E-state index is 0.677. The highest BCUT2D eigenvalue weighted by Crippen LogP contribution is 2.26. The molecule has 3 rings (SSSR count). The van der Waals surface area contributed by atoms with E-state index in [1.807, 2.05) is 11.8 Å². The van der Waals surface area contributed by atoms with Crippen molar-refractivity contribution in [1.82, 2.24) is 15.0 Å². The zero-order chi connectivity index (χ0) is 14.5. The summed E-state index contributed by atoms with van der Waals surface area (Å²) in [6.07, 6.45) is 5.07. The lowest BCUT2D eigenvalue weighted by atomic mass is 10.2. The fraction of sp³-hybridized carbons (Fsp3) is 0.786. The predicted octanol–water partition coefficient (Wildman–Crippen LogP) is 2.21. The van der Waals surface area contributed by atoms with Crippen LogP contribution in [0.5, 0.6) is 0 Å². The minimum Gasteiger partial charge on any atom is -0.354 e. The lowest BCUT2D eigenvalue weighted by Crippen LogP contribution is -2.23. The third-order valence-electron chi connectivity index (χ3n) is 3.86. The molecule has 0 spiro atoms. The molecule has 2 saturated heterocycles. The average molecular weight is 308 g/mol. The van der Waals surface area contributed by atoms with E-state index in [9.17, 15) is 0 Å². The average Bonchev–Trinajstić information content (AvgIpc) is 3.19. The summed E-state index contributed by atoms with van der Waals surface area (Å²) in [5, 5.41) is 7.30. The van der Waals surface area contributed by atoms with Gasteiger partial charge in [0.25, 0.3) is 0 Å². The molecule has 2 aliphatic heterocycles. The molecule has 2 N–H and O–H groups in total. The van der Waals surface area contributed by atoms with Gasteiger partial charge in [-0.15, -0.1) is 0 Å². The number of nitrogens with zero attached hydrogens (tertiary/aromatic N) is 4. The Morgan fingerprint density at radius 3 is 2.52 bits per heavy atom. The van der Waals surface area contributed by atoms with Gasteiger partial charge >= 0.3 is 0 Å². The highest BCUT2D eigenvalue weighted by atomic mass is 32.2. The molecular weight excluding hydrogens is 284 g/mol. The van der Waals surface area contributed by atoms with Gasteiger partial charge in [0.2, 0.25) is 17.8 Å². The van der Waals surface area contributed by atoms with E-state index in [0.717, 1.165) is 32.1 Å². The molecule has 0 aromatic carbocycles. The summed E-state index contributed by atoms with van der Waals surface area (Å²) in [6, 6.07) is 0. The van der Waals surface area contributed by atoms with Gasteiger partial charge in [-0.05, 0) is 38.4 Å². The molecule has 2 fully saturated rings. The van der Waals surface area contributed by atoms with E-state index in [4.69, 9.17) is 0 Å². The van der Waals surface area contributed by atoms with Crippen LogP contribution in [0.2, 0.25) is 0 Å². The molecule has 1 aromatic heterocycles. The third kappa shape index (κ3) is 3.90. The van der Waals surface area contributed by atoms with Crippen LogP contribution in [-0.2, 0) is 0 Å². The quantitative estimate of drug-likeness (QED) is 0.835. The Morgan fingerprint density at radius 2 is 1.86 bits per heavy atom. The van der Waals surface area contributed by atoms with Crippen molar-refractivity contribution < 1.29 is 0 Å². The van der Waals surface area contributed by atoms with E-state index >= 15 is 0 Å². The summed E-state index contributed by atoms with van der Waals surface area (Å²) in [7, 11) is 0. The number of aromatic nitrogens is 3. The number of anilines is 3. The third-order valence-corrected chi connectivity index (χ3v) is 5.26. The second kappa shape index (κ2) is 7.15. The molecule has 7 heteroatoms. The van der Waals surface area contributed by atoms with Crippen LogP contribution in [0.1, 0.15) is 32.6 Å². The maximum absolute atomic E-state index is 4.60. The smallest absolute Gasteiger partial charge is 0.231 e. The van der Waals surface area contributed by atoms with E-state index in [1.165, 1.54) is 31.4 Å². The fourth-order valence-electron chi connectivity index (χ4n) is 2.75. The van der Waals surface area contributed by atoms with Gasteiger partial charge in [-0.25, -0.2) is 0 Å². The Morgan fingerprint density at radius 1 is 1.10 bits per heavy atom. The summed E-state index contributed by atoms with van der Waals surface area (Å²) in [5.41, 5.74) is 0. The molecule has 0 saturated carbocycles. The Balaban J connectivity index is 1.70. The lowest BCUT2D eigenvalue weighted by molar-refractivity contribution is 0.797. The molecule has 1 atom stereocenters. The van der Waals surface area contributed by atoms with Crippen LogP contribution in [0.3, 0.4) is 0 Å². The summed E-state index contributed by atoms with van der Waals surface area (Å²) in [6.45, 7) is 5.92. The van der Waals surface area contributed by atoms with Crippen molar-refractivity contribution in [2.75, 3.05) is 47.5 Å². The number of thioether (sulfide) groups is 1. The fourth-order valence-corrected chi connectivity index (χ4v) is 3.95. The van der Waals surface area contributed by atoms with Gasteiger partial charge < -0.3 is 15.5 Å². The molecule has 1 unspecified atom stereocenters. The Hall–Kier alpha value is -1.24. The SMILES string of the molecule is CCNc1nc(NCC2CCCS2)nc(N2CCCC2)n1. The van der Waals surface area contributed by atoms with Crippen molar-refractivity contribution in [3.8, 4) is 0 Å². The first-order valence-corrected chi connectivity index (χ1v) is 9.00. The summed E-state index contributed by atoms with van der Waals surface area (Å²) < 4.78 is 0. The molecule has 0 amide bonds. The maximum atomic E-state index is 4.60. The summed E-state index contributed by atoms with van der Waals surface area (Å²) in [4.78, 5) is 15.9. The zero-order valence-electron chi connectivity index (χ0n) is 12.6. The first kappa shape index (κ1) is 14.7. The molecule has 2 aliphatic rings. The second-order valence-electron chi connectivity index (χ2n) is 5.52. The van der Waals surface area contributed by atoms with Crippen molar-refractivity contribution in [2.24, 2.45) is 0 Å². The van der Waals surface area contributed by atoms with Crippen molar-refractivity contribution in [3.63, 3.8) is 0 Å². The molecule has 3 heterocycles. The van der Waals surface area contributed by atoms with Gasteiger partial charge in [0.05, 0.1) is 0 Å². The summed E-state index contributed by atoms with van der Waals surface area (Å²) in [5.74, 6) is 3.47. The van der Waals surface area contributed by atoms with Crippen molar-refractivity contribution in [2.45, 2.75) is 37.9 Å². The maximum Gasteiger partial charge on any atom is 0.231 e. The first-order chi connectivity index (χ1) is 10.3. The van der Waals surface area contributed by atoms with Gasteiger partial charge in [-0.1, -0.05) is 0 Å². The van der Waals surface area contributed by atoms with E-state index in [1.54, 1.807) is 0 Å². The number of hydrogen-bond donors (Lipinski definition) is 2. The Kier molecular flexibility index (Phi) is 5.00. The lowest BCUT2D eigenvalue weighted by Gasteiger charge is -2.17. The van der Waals surface area contributed by atoms with Crippen LogP contribution in [0.4, 0.5) is 17.8 Å². The molecule has 0 radical (unpaired) electrons. The Labute approximate surface area is 130 Å². The number of rotatable bonds is 6. The van der Waals surface area contributed by atoms with Crippen molar-refractivity contribution in [3.05, 3.63) is 0 Å². The topological polar surface area (TPSA) is 66.0 Å². The molecule has 1 aromatic rings. The largest absolute Gasteiger partial charge is 0.354 e. The highest BCUT2D eigenvalue weighted by molar-refractivity contribution is 8.00. The normalized spacial score (nSPS) is 21.8. The van der Waals surface area contributed by atoms with Crippen molar-refractivity contribution >= 4 is 29.6 Å². The van der Waals surface area contributed by atoms with E-state index in [0.29, 0.717) is 17.1 Å². The summed E-state index contributed by atoms with van der Waals surface area (Å²) >= 11 is 2.05. The van der Waals surface area contributed by atoms with Gasteiger partial charge in [0.15, 0.2) is 0 Å². The van der Waals surface area contributed by atoms with Gasteiger partial charge in [-0.3, -0.25) is 0 Å².